The van der Waals surface area contributed by atoms with Crippen LogP contribution in [0, 0.1) is 0 Å². The highest BCUT2D eigenvalue weighted by Gasteiger charge is 2.34. The number of sulfone groups is 1. The third-order valence-corrected chi connectivity index (χ3v) is 5.38. The van der Waals surface area contributed by atoms with Gasteiger partial charge in [0.05, 0.1) is 5.75 Å². The molecule has 0 radical (unpaired) electrons. The predicted octanol–water partition coefficient (Wildman–Crippen LogP) is 0.197. The molecule has 100 valence electrons. The summed E-state index contributed by atoms with van der Waals surface area (Å²) in [5.41, 5.74) is 5.72. The first kappa shape index (κ1) is 14.4. The lowest BCUT2D eigenvalue weighted by molar-refractivity contribution is -0.120. The molecule has 5 nitrogen and oxygen atoms in total. The Balaban J connectivity index is 2.41. The average Bonchev–Trinajstić information content (AvgIpc) is 2.27. The molecule has 1 fully saturated rings. The van der Waals surface area contributed by atoms with Gasteiger partial charge in [0.25, 0.3) is 0 Å². The van der Waals surface area contributed by atoms with E-state index in [1.54, 1.807) is 0 Å². The zero-order valence-electron chi connectivity index (χ0n) is 10.3. The summed E-state index contributed by atoms with van der Waals surface area (Å²) in [7, 11) is -3.22. The van der Waals surface area contributed by atoms with Gasteiger partial charge in [0.2, 0.25) is 5.91 Å². The number of rotatable bonds is 5. The van der Waals surface area contributed by atoms with Crippen molar-refractivity contribution >= 4 is 15.7 Å². The molecule has 3 N–H and O–H groups in total. The van der Waals surface area contributed by atoms with Crippen molar-refractivity contribution in [3.8, 4) is 0 Å². The lowest BCUT2D eigenvalue weighted by Crippen LogP contribution is -2.43. The number of hydrogen-bond acceptors (Lipinski definition) is 4. The van der Waals surface area contributed by atoms with Crippen LogP contribution in [0.15, 0.2) is 0 Å². The van der Waals surface area contributed by atoms with Crippen LogP contribution in [0.2, 0.25) is 0 Å². The minimum atomic E-state index is -3.22. The Morgan fingerprint density at radius 1 is 1.47 bits per heavy atom. The van der Waals surface area contributed by atoms with E-state index < -0.39 is 15.1 Å². The van der Waals surface area contributed by atoms with Gasteiger partial charge in [-0.05, 0) is 25.7 Å². The molecule has 17 heavy (non-hydrogen) atoms. The summed E-state index contributed by atoms with van der Waals surface area (Å²) in [5.74, 6) is -0.215. The zero-order chi connectivity index (χ0) is 12.9. The summed E-state index contributed by atoms with van der Waals surface area (Å²) in [4.78, 5) is 11.8. The van der Waals surface area contributed by atoms with E-state index in [4.69, 9.17) is 5.73 Å². The summed E-state index contributed by atoms with van der Waals surface area (Å²) >= 11 is 0. The fourth-order valence-corrected chi connectivity index (χ4v) is 3.77. The minimum Gasteiger partial charge on any atom is -0.355 e. The van der Waals surface area contributed by atoms with Gasteiger partial charge in [-0.2, -0.15) is 0 Å². The summed E-state index contributed by atoms with van der Waals surface area (Å²) in [5, 5.41) is 1.84. The Kier molecular flexibility index (Phi) is 5.39. The molecule has 1 amide bonds. The molecular formula is C11H22N2O3S. The molecule has 0 saturated carbocycles. The number of hydrogen-bond donors (Lipinski definition) is 2. The Hall–Kier alpha value is -0.620. The summed E-state index contributed by atoms with van der Waals surface area (Å²) in [6, 6.07) is 0.0678. The van der Waals surface area contributed by atoms with Crippen molar-refractivity contribution in [1.82, 2.24) is 5.32 Å². The first-order chi connectivity index (χ1) is 7.97. The van der Waals surface area contributed by atoms with Gasteiger partial charge in [0.1, 0.15) is 5.25 Å². The smallest absolute Gasteiger partial charge is 0.238 e. The SMILES string of the molecule is CCC(N)CCNC(=O)C1CCCCS1(=O)=O. The lowest BCUT2D eigenvalue weighted by atomic mass is 10.1. The number of amides is 1. The molecule has 0 aromatic rings. The molecule has 0 bridgehead atoms. The van der Waals surface area contributed by atoms with Gasteiger partial charge in [0, 0.05) is 12.6 Å². The second kappa shape index (κ2) is 6.35. The summed E-state index contributed by atoms with van der Waals surface area (Å²) < 4.78 is 23.4. The zero-order valence-corrected chi connectivity index (χ0v) is 11.1. The summed E-state index contributed by atoms with van der Waals surface area (Å²) in [6.07, 6.45) is 3.49. The third-order valence-electron chi connectivity index (χ3n) is 3.21. The van der Waals surface area contributed by atoms with E-state index in [0.717, 1.165) is 12.8 Å². The highest BCUT2D eigenvalue weighted by atomic mass is 32.2. The quantitative estimate of drug-likeness (QED) is 0.740. The second-order valence-electron chi connectivity index (χ2n) is 4.60. The molecule has 0 spiro atoms. The van der Waals surface area contributed by atoms with Crippen LogP contribution >= 0.6 is 0 Å². The molecule has 1 aliphatic rings. The van der Waals surface area contributed by atoms with Gasteiger partial charge in [-0.15, -0.1) is 0 Å². The predicted molar refractivity (Wildman–Crippen MR) is 67.3 cm³/mol. The van der Waals surface area contributed by atoms with Gasteiger partial charge in [-0.3, -0.25) is 4.79 Å². The van der Waals surface area contributed by atoms with Crippen molar-refractivity contribution in [1.29, 1.82) is 0 Å². The molecule has 2 unspecified atom stereocenters. The molecule has 1 saturated heterocycles. The van der Waals surface area contributed by atoms with Crippen LogP contribution in [0.5, 0.6) is 0 Å². The highest BCUT2D eigenvalue weighted by Crippen LogP contribution is 2.19. The van der Waals surface area contributed by atoms with Gasteiger partial charge in [0.15, 0.2) is 9.84 Å². The van der Waals surface area contributed by atoms with Crippen molar-refractivity contribution in [2.75, 3.05) is 12.3 Å². The largest absolute Gasteiger partial charge is 0.355 e. The van der Waals surface area contributed by atoms with Gasteiger partial charge < -0.3 is 11.1 Å². The van der Waals surface area contributed by atoms with E-state index in [1.165, 1.54) is 0 Å². The molecule has 0 aromatic heterocycles. The van der Waals surface area contributed by atoms with E-state index in [-0.39, 0.29) is 17.7 Å². The van der Waals surface area contributed by atoms with Crippen molar-refractivity contribution in [2.24, 2.45) is 5.73 Å². The molecule has 2 atom stereocenters. The van der Waals surface area contributed by atoms with E-state index in [9.17, 15) is 13.2 Å². The van der Waals surface area contributed by atoms with Crippen molar-refractivity contribution in [2.45, 2.75) is 50.3 Å². The van der Waals surface area contributed by atoms with Gasteiger partial charge in [-0.1, -0.05) is 13.3 Å². The molecule has 1 heterocycles. The van der Waals surface area contributed by atoms with Gasteiger partial charge >= 0.3 is 0 Å². The van der Waals surface area contributed by atoms with Crippen LogP contribution in [-0.4, -0.2) is 37.9 Å². The van der Waals surface area contributed by atoms with E-state index in [0.29, 0.717) is 25.8 Å². The van der Waals surface area contributed by atoms with Crippen molar-refractivity contribution in [3.63, 3.8) is 0 Å². The van der Waals surface area contributed by atoms with Crippen LogP contribution in [0.25, 0.3) is 0 Å². The molecule has 1 aliphatic heterocycles. The minimum absolute atomic E-state index is 0.0678. The summed E-state index contributed by atoms with van der Waals surface area (Å²) in [6.45, 7) is 2.44. The number of nitrogens with two attached hydrogens (primary N) is 1. The average molecular weight is 262 g/mol. The van der Waals surface area contributed by atoms with E-state index >= 15 is 0 Å². The number of carbonyl (C=O) groups excluding carboxylic acids is 1. The number of nitrogens with one attached hydrogen (secondary N) is 1. The molecule has 6 heteroatoms. The van der Waals surface area contributed by atoms with Crippen LogP contribution in [0.4, 0.5) is 0 Å². The van der Waals surface area contributed by atoms with Crippen LogP contribution in [0.1, 0.15) is 39.0 Å². The third kappa shape index (κ3) is 4.27. The Morgan fingerprint density at radius 3 is 2.76 bits per heavy atom. The maximum absolute atomic E-state index is 11.8. The second-order valence-corrected chi connectivity index (χ2v) is 6.90. The Bertz CT molecular complexity index is 354. The molecule has 0 aliphatic carbocycles. The first-order valence-corrected chi connectivity index (χ1v) is 7.93. The lowest BCUT2D eigenvalue weighted by Gasteiger charge is -2.21. The first-order valence-electron chi connectivity index (χ1n) is 6.22. The highest BCUT2D eigenvalue weighted by molar-refractivity contribution is 7.92. The van der Waals surface area contributed by atoms with E-state index in [1.807, 2.05) is 6.92 Å². The maximum atomic E-state index is 11.8. The van der Waals surface area contributed by atoms with Crippen LogP contribution in [0.3, 0.4) is 0 Å². The van der Waals surface area contributed by atoms with Gasteiger partial charge in [-0.25, -0.2) is 8.42 Å². The van der Waals surface area contributed by atoms with Crippen LogP contribution < -0.4 is 11.1 Å². The fourth-order valence-electron chi connectivity index (χ4n) is 1.95. The molecule has 0 aromatic carbocycles. The monoisotopic (exact) mass is 262 g/mol. The standard InChI is InChI=1S/C11H22N2O3S/c1-2-9(12)6-7-13-11(14)10-5-3-4-8-17(10,15)16/h9-10H,2-8,12H2,1H3,(H,13,14). The number of carbonyl (C=O) groups is 1. The normalized spacial score (nSPS) is 25.2. The molecule has 1 rings (SSSR count). The van der Waals surface area contributed by atoms with Crippen LogP contribution in [-0.2, 0) is 14.6 Å². The Morgan fingerprint density at radius 2 is 2.18 bits per heavy atom. The Labute approximate surface area is 103 Å². The maximum Gasteiger partial charge on any atom is 0.238 e. The van der Waals surface area contributed by atoms with Crippen molar-refractivity contribution in [3.05, 3.63) is 0 Å². The fraction of sp³-hybridized carbons (Fsp3) is 0.909. The molecular weight excluding hydrogens is 240 g/mol. The van der Waals surface area contributed by atoms with Crippen molar-refractivity contribution < 1.29 is 13.2 Å². The topological polar surface area (TPSA) is 89.3 Å². The van der Waals surface area contributed by atoms with E-state index in [2.05, 4.69) is 5.32 Å².